The van der Waals surface area contributed by atoms with E-state index in [1.54, 1.807) is 0 Å². The molecule has 1 aromatic heterocycles. The predicted octanol–water partition coefficient (Wildman–Crippen LogP) is 1.68. The van der Waals surface area contributed by atoms with Gasteiger partial charge in [0, 0.05) is 6.61 Å². The van der Waals surface area contributed by atoms with Gasteiger partial charge in [-0.2, -0.15) is 9.37 Å². The third kappa shape index (κ3) is 3.43. The summed E-state index contributed by atoms with van der Waals surface area (Å²) in [7, 11) is 0. The molecule has 0 spiro atoms. The Balaban J connectivity index is 2.45. The quantitative estimate of drug-likeness (QED) is 0.560. The van der Waals surface area contributed by atoms with E-state index in [0.29, 0.717) is 13.2 Å². The fourth-order valence-corrected chi connectivity index (χ4v) is 0.900. The Bertz CT molecular complexity index is 299. The highest BCUT2D eigenvalue weighted by molar-refractivity contribution is 6.28. The number of aromatic nitrogens is 2. The first kappa shape index (κ1) is 11.1. The van der Waals surface area contributed by atoms with Crippen molar-refractivity contribution in [3.05, 3.63) is 17.3 Å². The van der Waals surface area contributed by atoms with Crippen LogP contribution in [0.4, 0.5) is 4.39 Å². The average molecular weight is 221 g/mol. The standard InChI is InChI=1S/C8H10ClFN2O2/c1-2-13-3-4-14-7-6(10)5-11-8(9)12-7/h5H,2-4H2,1H3. The van der Waals surface area contributed by atoms with Crippen molar-refractivity contribution in [2.24, 2.45) is 0 Å². The molecule has 0 aliphatic heterocycles. The minimum Gasteiger partial charge on any atom is -0.473 e. The first-order valence-electron chi connectivity index (χ1n) is 4.12. The lowest BCUT2D eigenvalue weighted by molar-refractivity contribution is 0.106. The van der Waals surface area contributed by atoms with Crippen molar-refractivity contribution in [3.8, 4) is 5.88 Å². The van der Waals surface area contributed by atoms with E-state index in [-0.39, 0.29) is 17.8 Å². The molecule has 0 N–H and O–H groups in total. The summed E-state index contributed by atoms with van der Waals surface area (Å²) in [6.07, 6.45) is 0.964. The molecule has 4 nitrogen and oxygen atoms in total. The fraction of sp³-hybridized carbons (Fsp3) is 0.500. The highest BCUT2D eigenvalue weighted by Gasteiger charge is 2.06. The summed E-state index contributed by atoms with van der Waals surface area (Å²) in [5.41, 5.74) is 0. The summed E-state index contributed by atoms with van der Waals surface area (Å²) in [6, 6.07) is 0. The molecule has 14 heavy (non-hydrogen) atoms. The lowest BCUT2D eigenvalue weighted by Crippen LogP contribution is -2.08. The monoisotopic (exact) mass is 220 g/mol. The van der Waals surface area contributed by atoms with Crippen LogP contribution in [0.25, 0.3) is 0 Å². The smallest absolute Gasteiger partial charge is 0.254 e. The van der Waals surface area contributed by atoms with Crippen LogP contribution in [-0.4, -0.2) is 29.8 Å². The maximum Gasteiger partial charge on any atom is 0.254 e. The van der Waals surface area contributed by atoms with Gasteiger partial charge in [0.15, 0.2) is 0 Å². The minimum absolute atomic E-state index is 0.0437. The number of ether oxygens (including phenoxy) is 2. The summed E-state index contributed by atoms with van der Waals surface area (Å²) in [5, 5.41) is -0.0437. The van der Waals surface area contributed by atoms with Crippen LogP contribution in [0.5, 0.6) is 5.88 Å². The lowest BCUT2D eigenvalue weighted by Gasteiger charge is -2.05. The van der Waals surface area contributed by atoms with Gasteiger partial charge in [-0.25, -0.2) is 4.98 Å². The molecule has 1 rings (SSSR count). The Kier molecular flexibility index (Phi) is 4.55. The molecule has 78 valence electrons. The van der Waals surface area contributed by atoms with Crippen molar-refractivity contribution in [3.63, 3.8) is 0 Å². The van der Waals surface area contributed by atoms with Crippen LogP contribution in [-0.2, 0) is 4.74 Å². The first-order chi connectivity index (χ1) is 6.74. The molecule has 0 saturated carbocycles. The van der Waals surface area contributed by atoms with Crippen molar-refractivity contribution in [1.29, 1.82) is 0 Å². The molecule has 0 amide bonds. The van der Waals surface area contributed by atoms with E-state index in [1.807, 2.05) is 6.92 Å². The van der Waals surface area contributed by atoms with Gasteiger partial charge >= 0.3 is 0 Å². The summed E-state index contributed by atoms with van der Waals surface area (Å²) in [6.45, 7) is 3.08. The van der Waals surface area contributed by atoms with Crippen molar-refractivity contribution in [2.75, 3.05) is 19.8 Å². The largest absolute Gasteiger partial charge is 0.473 e. The SMILES string of the molecule is CCOCCOc1nc(Cl)ncc1F. The van der Waals surface area contributed by atoms with Crippen LogP contribution in [0, 0.1) is 5.82 Å². The zero-order valence-electron chi connectivity index (χ0n) is 7.67. The molecule has 0 fully saturated rings. The van der Waals surface area contributed by atoms with Gasteiger partial charge in [-0.05, 0) is 18.5 Å². The van der Waals surface area contributed by atoms with Crippen LogP contribution in [0.15, 0.2) is 6.20 Å². The molecule has 0 aliphatic rings. The Hall–Kier alpha value is -0.940. The van der Waals surface area contributed by atoms with E-state index >= 15 is 0 Å². The van der Waals surface area contributed by atoms with E-state index in [1.165, 1.54) is 0 Å². The third-order valence-corrected chi connectivity index (χ3v) is 1.54. The predicted molar refractivity (Wildman–Crippen MR) is 49.0 cm³/mol. The van der Waals surface area contributed by atoms with E-state index in [4.69, 9.17) is 21.1 Å². The second-order valence-corrected chi connectivity index (χ2v) is 2.68. The Morgan fingerprint density at radius 2 is 2.29 bits per heavy atom. The number of halogens is 2. The van der Waals surface area contributed by atoms with Crippen molar-refractivity contribution >= 4 is 11.6 Å². The molecule has 0 bridgehead atoms. The summed E-state index contributed by atoms with van der Waals surface area (Å²) in [4.78, 5) is 7.02. The first-order valence-corrected chi connectivity index (χ1v) is 4.50. The molecule has 1 aromatic rings. The lowest BCUT2D eigenvalue weighted by atomic mass is 10.6. The van der Waals surface area contributed by atoms with Gasteiger partial charge in [0.05, 0.1) is 12.8 Å². The maximum atomic E-state index is 12.9. The highest BCUT2D eigenvalue weighted by atomic mass is 35.5. The summed E-state index contributed by atoms with van der Waals surface area (Å²) in [5.74, 6) is -0.782. The zero-order chi connectivity index (χ0) is 10.4. The Morgan fingerprint density at radius 1 is 1.50 bits per heavy atom. The second-order valence-electron chi connectivity index (χ2n) is 2.34. The molecule has 0 atom stereocenters. The van der Waals surface area contributed by atoms with Gasteiger partial charge in [-0.1, -0.05) is 0 Å². The molecule has 6 heteroatoms. The van der Waals surface area contributed by atoms with Gasteiger partial charge in [-0.3, -0.25) is 0 Å². The van der Waals surface area contributed by atoms with Gasteiger partial charge in [-0.15, -0.1) is 0 Å². The van der Waals surface area contributed by atoms with Crippen molar-refractivity contribution in [1.82, 2.24) is 9.97 Å². The zero-order valence-corrected chi connectivity index (χ0v) is 8.42. The highest BCUT2D eigenvalue weighted by Crippen LogP contribution is 2.13. The molecule has 1 heterocycles. The molecular weight excluding hydrogens is 211 g/mol. The molecule has 0 radical (unpaired) electrons. The second kappa shape index (κ2) is 5.72. The number of nitrogens with zero attached hydrogens (tertiary/aromatic N) is 2. The molecular formula is C8H10ClFN2O2. The van der Waals surface area contributed by atoms with Crippen LogP contribution < -0.4 is 4.74 Å². The topological polar surface area (TPSA) is 44.2 Å². The Labute approximate surface area is 86.0 Å². The summed E-state index contributed by atoms with van der Waals surface area (Å²) < 4.78 is 22.9. The van der Waals surface area contributed by atoms with Gasteiger partial charge < -0.3 is 9.47 Å². The Morgan fingerprint density at radius 3 is 3.00 bits per heavy atom. The van der Waals surface area contributed by atoms with Crippen molar-refractivity contribution in [2.45, 2.75) is 6.92 Å². The van der Waals surface area contributed by atoms with Crippen LogP contribution in [0.3, 0.4) is 0 Å². The van der Waals surface area contributed by atoms with E-state index in [2.05, 4.69) is 9.97 Å². The normalized spacial score (nSPS) is 10.2. The third-order valence-electron chi connectivity index (χ3n) is 1.35. The number of rotatable bonds is 5. The van der Waals surface area contributed by atoms with Gasteiger partial charge in [0.1, 0.15) is 6.61 Å². The number of hydrogen-bond acceptors (Lipinski definition) is 4. The summed E-state index contributed by atoms with van der Waals surface area (Å²) >= 11 is 5.46. The minimum atomic E-state index is -0.633. The molecule has 0 unspecified atom stereocenters. The molecule has 0 saturated heterocycles. The van der Waals surface area contributed by atoms with Gasteiger partial charge in [0.25, 0.3) is 5.88 Å². The average Bonchev–Trinajstić information content (AvgIpc) is 2.18. The fourth-order valence-electron chi connectivity index (χ4n) is 0.774. The van der Waals surface area contributed by atoms with Crippen LogP contribution >= 0.6 is 11.6 Å². The molecule has 0 aromatic carbocycles. The maximum absolute atomic E-state index is 12.9. The van der Waals surface area contributed by atoms with E-state index in [9.17, 15) is 4.39 Å². The number of hydrogen-bond donors (Lipinski definition) is 0. The van der Waals surface area contributed by atoms with Crippen LogP contribution in [0.1, 0.15) is 6.92 Å². The van der Waals surface area contributed by atoms with Crippen LogP contribution in [0.2, 0.25) is 5.28 Å². The molecule has 0 aliphatic carbocycles. The van der Waals surface area contributed by atoms with E-state index < -0.39 is 5.82 Å². The van der Waals surface area contributed by atoms with Gasteiger partial charge in [0.2, 0.25) is 11.1 Å². The van der Waals surface area contributed by atoms with Crippen molar-refractivity contribution < 1.29 is 13.9 Å². The van der Waals surface area contributed by atoms with E-state index in [0.717, 1.165) is 6.20 Å².